The Morgan fingerprint density at radius 1 is 0.957 bits per heavy atom. The molecular weight excluding hydrogens is 296 g/mol. The lowest BCUT2D eigenvalue weighted by molar-refractivity contribution is -0.0584. The number of hydroxylamine groups is 2. The van der Waals surface area contributed by atoms with E-state index < -0.39 is 17.8 Å². The Morgan fingerprint density at radius 2 is 1.65 bits per heavy atom. The molecular formula is C17H10N2O4. The molecule has 0 aliphatic carbocycles. The first kappa shape index (κ1) is 13.3. The quantitative estimate of drug-likeness (QED) is 0.738. The fourth-order valence-electron chi connectivity index (χ4n) is 2.56. The average Bonchev–Trinajstić information content (AvgIpc) is 3.13. The van der Waals surface area contributed by atoms with Crippen LogP contribution in [0.4, 0.5) is 0 Å². The third kappa shape index (κ3) is 2.00. The molecule has 3 aromatic rings. The Bertz CT molecular complexity index is 938. The minimum absolute atomic E-state index is 0.227. The maximum Gasteiger partial charge on any atom is 0.364 e. The average molecular weight is 306 g/mol. The molecule has 0 radical (unpaired) electrons. The lowest BCUT2D eigenvalue weighted by Crippen LogP contribution is -2.32. The summed E-state index contributed by atoms with van der Waals surface area (Å²) < 4.78 is 0. The Morgan fingerprint density at radius 3 is 2.35 bits per heavy atom. The van der Waals surface area contributed by atoms with E-state index in [0.29, 0.717) is 5.06 Å². The number of H-pyrrole nitrogens is 1. The molecule has 0 saturated heterocycles. The predicted octanol–water partition coefficient (Wildman–Crippen LogP) is 2.54. The van der Waals surface area contributed by atoms with Crippen molar-refractivity contribution >= 4 is 28.7 Å². The van der Waals surface area contributed by atoms with Gasteiger partial charge in [0.05, 0.1) is 16.7 Å². The monoisotopic (exact) mass is 306 g/mol. The highest BCUT2D eigenvalue weighted by atomic mass is 16.7. The van der Waals surface area contributed by atoms with E-state index in [2.05, 4.69) is 4.98 Å². The molecule has 2 amide bonds. The molecule has 1 aromatic heterocycles. The second-order valence-electron chi connectivity index (χ2n) is 5.11. The van der Waals surface area contributed by atoms with Gasteiger partial charge in [-0.25, -0.2) is 4.79 Å². The number of aromatic nitrogens is 1. The summed E-state index contributed by atoms with van der Waals surface area (Å²) in [6, 6.07) is 13.2. The standard InChI is InChI=1S/C17H10N2O4/c20-15-12-3-1-2-4-13(12)16(21)19(15)23-17(22)11-6-5-10-7-8-18-14(10)9-11/h1-9,18H. The van der Waals surface area contributed by atoms with Gasteiger partial charge in [0.15, 0.2) is 0 Å². The predicted molar refractivity (Wildman–Crippen MR) is 80.7 cm³/mol. The third-order valence-electron chi connectivity index (χ3n) is 3.72. The topological polar surface area (TPSA) is 79.5 Å². The number of hydrogen-bond acceptors (Lipinski definition) is 4. The van der Waals surface area contributed by atoms with E-state index in [9.17, 15) is 14.4 Å². The molecule has 0 spiro atoms. The molecule has 0 saturated carbocycles. The normalized spacial score (nSPS) is 13.5. The first-order valence-corrected chi connectivity index (χ1v) is 6.92. The summed E-state index contributed by atoms with van der Waals surface area (Å²) in [5, 5.41) is 1.45. The Balaban J connectivity index is 1.62. The second kappa shape index (κ2) is 4.81. The van der Waals surface area contributed by atoms with E-state index in [0.717, 1.165) is 10.9 Å². The van der Waals surface area contributed by atoms with Gasteiger partial charge in [0.25, 0.3) is 11.8 Å². The molecule has 23 heavy (non-hydrogen) atoms. The molecule has 2 aromatic carbocycles. The fourth-order valence-corrected chi connectivity index (χ4v) is 2.56. The zero-order chi connectivity index (χ0) is 16.0. The summed E-state index contributed by atoms with van der Waals surface area (Å²) in [4.78, 5) is 44.6. The highest BCUT2D eigenvalue weighted by molar-refractivity contribution is 6.21. The van der Waals surface area contributed by atoms with Gasteiger partial charge in [-0.1, -0.05) is 23.3 Å². The summed E-state index contributed by atoms with van der Waals surface area (Å²) in [6.07, 6.45) is 1.75. The summed E-state index contributed by atoms with van der Waals surface area (Å²) >= 11 is 0. The highest BCUT2D eigenvalue weighted by Crippen LogP contribution is 2.23. The highest BCUT2D eigenvalue weighted by Gasteiger charge is 2.38. The first-order valence-electron chi connectivity index (χ1n) is 6.92. The molecule has 6 nitrogen and oxygen atoms in total. The van der Waals surface area contributed by atoms with Gasteiger partial charge in [0.2, 0.25) is 0 Å². The number of hydrogen-bond donors (Lipinski definition) is 1. The van der Waals surface area contributed by atoms with Crippen LogP contribution in [0, 0.1) is 0 Å². The SMILES string of the molecule is O=C(ON1C(=O)c2ccccc2C1=O)c1ccc2cc[nH]c2c1. The number of nitrogens with zero attached hydrogens (tertiary/aromatic N) is 1. The van der Waals surface area contributed by atoms with Crippen LogP contribution in [0.15, 0.2) is 54.7 Å². The van der Waals surface area contributed by atoms with Gasteiger partial charge in [-0.3, -0.25) is 9.59 Å². The number of nitrogens with one attached hydrogen (secondary N) is 1. The molecule has 6 heteroatoms. The molecule has 112 valence electrons. The summed E-state index contributed by atoms with van der Waals surface area (Å²) in [5.74, 6) is -2.05. The smallest absolute Gasteiger partial charge is 0.361 e. The molecule has 0 unspecified atom stereocenters. The number of benzene rings is 2. The van der Waals surface area contributed by atoms with Crippen LogP contribution < -0.4 is 0 Å². The lowest BCUT2D eigenvalue weighted by atomic mass is 10.1. The van der Waals surface area contributed by atoms with Crippen LogP contribution in [0.25, 0.3) is 10.9 Å². The van der Waals surface area contributed by atoms with E-state index in [1.807, 2.05) is 6.07 Å². The number of aromatic amines is 1. The largest absolute Gasteiger partial charge is 0.364 e. The summed E-state index contributed by atoms with van der Waals surface area (Å²) in [5.41, 5.74) is 1.47. The third-order valence-corrected chi connectivity index (χ3v) is 3.72. The zero-order valence-corrected chi connectivity index (χ0v) is 11.8. The zero-order valence-electron chi connectivity index (χ0n) is 11.8. The number of imide groups is 1. The van der Waals surface area contributed by atoms with Crippen LogP contribution in [0.3, 0.4) is 0 Å². The van der Waals surface area contributed by atoms with Crippen molar-refractivity contribution in [3.8, 4) is 0 Å². The van der Waals surface area contributed by atoms with Crippen LogP contribution in [0.1, 0.15) is 31.1 Å². The van der Waals surface area contributed by atoms with E-state index in [1.165, 1.54) is 12.1 Å². The fraction of sp³-hybridized carbons (Fsp3) is 0. The summed E-state index contributed by atoms with van der Waals surface area (Å²) in [7, 11) is 0. The molecule has 0 atom stereocenters. The maximum atomic E-state index is 12.2. The minimum atomic E-state index is -0.768. The van der Waals surface area contributed by atoms with Crippen molar-refractivity contribution < 1.29 is 19.2 Å². The van der Waals surface area contributed by atoms with Gasteiger partial charge in [0, 0.05) is 11.7 Å². The van der Waals surface area contributed by atoms with Gasteiger partial charge in [-0.05, 0) is 35.7 Å². The molecule has 4 rings (SSSR count). The van der Waals surface area contributed by atoms with Crippen molar-refractivity contribution in [2.45, 2.75) is 0 Å². The van der Waals surface area contributed by atoms with Gasteiger partial charge in [-0.15, -0.1) is 0 Å². The van der Waals surface area contributed by atoms with Crippen molar-refractivity contribution in [3.05, 3.63) is 71.4 Å². The van der Waals surface area contributed by atoms with E-state index >= 15 is 0 Å². The molecule has 1 N–H and O–H groups in total. The van der Waals surface area contributed by atoms with Crippen LogP contribution in [-0.2, 0) is 4.84 Å². The maximum absolute atomic E-state index is 12.2. The van der Waals surface area contributed by atoms with Crippen LogP contribution in [0.5, 0.6) is 0 Å². The van der Waals surface area contributed by atoms with Crippen LogP contribution in [-0.4, -0.2) is 27.8 Å². The van der Waals surface area contributed by atoms with E-state index in [1.54, 1.807) is 36.5 Å². The van der Waals surface area contributed by atoms with Gasteiger partial charge >= 0.3 is 5.97 Å². The van der Waals surface area contributed by atoms with Crippen molar-refractivity contribution in [2.24, 2.45) is 0 Å². The van der Waals surface area contributed by atoms with Crippen molar-refractivity contribution in [1.82, 2.24) is 10.0 Å². The Hall–Kier alpha value is -3.41. The Labute approximate surface area is 130 Å². The number of carbonyl (C=O) groups is 3. The van der Waals surface area contributed by atoms with Crippen LogP contribution >= 0.6 is 0 Å². The summed E-state index contributed by atoms with van der Waals surface area (Å²) in [6.45, 7) is 0. The number of amides is 2. The van der Waals surface area contributed by atoms with Gasteiger partial charge in [0.1, 0.15) is 0 Å². The molecule has 0 bridgehead atoms. The van der Waals surface area contributed by atoms with Crippen molar-refractivity contribution in [1.29, 1.82) is 0 Å². The number of carbonyl (C=O) groups excluding carboxylic acids is 3. The van der Waals surface area contributed by atoms with Crippen molar-refractivity contribution in [2.75, 3.05) is 0 Å². The Kier molecular flexibility index (Phi) is 2.77. The lowest BCUT2D eigenvalue weighted by Gasteiger charge is -2.12. The van der Waals surface area contributed by atoms with E-state index in [-0.39, 0.29) is 16.7 Å². The van der Waals surface area contributed by atoms with E-state index in [4.69, 9.17) is 4.84 Å². The van der Waals surface area contributed by atoms with Gasteiger partial charge in [-0.2, -0.15) is 0 Å². The molecule has 1 aliphatic heterocycles. The van der Waals surface area contributed by atoms with Gasteiger partial charge < -0.3 is 9.82 Å². The second-order valence-corrected chi connectivity index (χ2v) is 5.11. The minimum Gasteiger partial charge on any atom is -0.361 e. The number of rotatable bonds is 2. The molecule has 0 fully saturated rings. The molecule has 1 aliphatic rings. The first-order chi connectivity index (χ1) is 11.1. The van der Waals surface area contributed by atoms with Crippen LogP contribution in [0.2, 0.25) is 0 Å². The molecule has 2 heterocycles. The van der Waals surface area contributed by atoms with Crippen molar-refractivity contribution in [3.63, 3.8) is 0 Å². The number of fused-ring (bicyclic) bond motifs is 2.